The lowest BCUT2D eigenvalue weighted by Crippen LogP contribution is -2.30. The first kappa shape index (κ1) is 24.4. The van der Waals surface area contributed by atoms with Gasteiger partial charge in [-0.05, 0) is 55.3 Å². The van der Waals surface area contributed by atoms with Gasteiger partial charge in [0, 0.05) is 30.8 Å². The molecule has 7 nitrogen and oxygen atoms in total. The minimum absolute atomic E-state index is 0.252. The van der Waals surface area contributed by atoms with Crippen molar-refractivity contribution in [3.63, 3.8) is 0 Å². The van der Waals surface area contributed by atoms with Gasteiger partial charge in [0.05, 0.1) is 39.6 Å². The number of pyridine rings is 1. The van der Waals surface area contributed by atoms with E-state index in [0.29, 0.717) is 17.2 Å². The molecule has 0 fully saturated rings. The topological polar surface area (TPSA) is 66.2 Å². The molecule has 0 radical (unpaired) electrons. The van der Waals surface area contributed by atoms with E-state index in [9.17, 15) is 0 Å². The van der Waals surface area contributed by atoms with Crippen LogP contribution in [0.5, 0.6) is 23.0 Å². The zero-order valence-electron chi connectivity index (χ0n) is 21.0. The van der Waals surface area contributed by atoms with Crippen LogP contribution in [0.3, 0.4) is 0 Å². The molecular weight excluding hydrogens is 442 g/mol. The van der Waals surface area contributed by atoms with E-state index in [1.165, 1.54) is 0 Å². The Kier molecular flexibility index (Phi) is 7.77. The summed E-state index contributed by atoms with van der Waals surface area (Å²) in [4.78, 5) is 5.00. The summed E-state index contributed by atoms with van der Waals surface area (Å²) in [7, 11) is 6.57. The molecule has 1 atom stereocenters. The molecular formula is C28H33N3O4. The van der Waals surface area contributed by atoms with Gasteiger partial charge in [-0.1, -0.05) is 18.2 Å². The fourth-order valence-corrected chi connectivity index (χ4v) is 4.37. The average Bonchev–Trinajstić information content (AvgIpc) is 3.26. The monoisotopic (exact) mass is 475 g/mol. The van der Waals surface area contributed by atoms with E-state index < -0.39 is 0 Å². The van der Waals surface area contributed by atoms with Gasteiger partial charge in [-0.3, -0.25) is 0 Å². The first-order valence-corrected chi connectivity index (χ1v) is 11.7. The van der Waals surface area contributed by atoms with Gasteiger partial charge < -0.3 is 28.7 Å². The molecule has 0 saturated heterocycles. The number of nitrogens with zero attached hydrogens (tertiary/aromatic N) is 2. The summed E-state index contributed by atoms with van der Waals surface area (Å²) in [5.41, 5.74) is 4.21. The summed E-state index contributed by atoms with van der Waals surface area (Å²) in [5.74, 6) is 3.79. The van der Waals surface area contributed by atoms with Crippen LogP contribution in [0.15, 0.2) is 60.8 Å². The number of aromatic nitrogens is 2. The number of benzene rings is 2. The van der Waals surface area contributed by atoms with Crippen LogP contribution in [0.4, 0.5) is 0 Å². The van der Waals surface area contributed by atoms with Crippen molar-refractivity contribution in [2.24, 2.45) is 0 Å². The van der Waals surface area contributed by atoms with Gasteiger partial charge >= 0.3 is 0 Å². The summed E-state index contributed by atoms with van der Waals surface area (Å²) < 4.78 is 24.0. The molecule has 0 saturated carbocycles. The minimum atomic E-state index is 0.252. The predicted octanol–water partition coefficient (Wildman–Crippen LogP) is 4.80. The number of nitrogens with one attached hydrogen (secondary N) is 1. The van der Waals surface area contributed by atoms with Crippen molar-refractivity contribution < 1.29 is 18.9 Å². The lowest BCUT2D eigenvalue weighted by molar-refractivity contribution is 0.323. The zero-order valence-corrected chi connectivity index (χ0v) is 21.0. The van der Waals surface area contributed by atoms with Crippen molar-refractivity contribution in [3.05, 3.63) is 72.2 Å². The number of ether oxygens (including phenoxy) is 4. The Morgan fingerprint density at radius 1 is 0.886 bits per heavy atom. The van der Waals surface area contributed by atoms with E-state index in [0.717, 1.165) is 53.3 Å². The smallest absolute Gasteiger partial charge is 0.203 e. The van der Waals surface area contributed by atoms with Crippen LogP contribution in [0.25, 0.3) is 16.8 Å². The molecule has 0 bridgehead atoms. The highest BCUT2D eigenvalue weighted by Gasteiger charge is 2.16. The second-order valence-corrected chi connectivity index (χ2v) is 8.41. The molecule has 7 heteroatoms. The maximum absolute atomic E-state index is 5.49. The van der Waals surface area contributed by atoms with Crippen LogP contribution in [-0.2, 0) is 12.8 Å². The van der Waals surface area contributed by atoms with Crippen LogP contribution in [0.2, 0.25) is 0 Å². The fourth-order valence-electron chi connectivity index (χ4n) is 4.37. The number of methoxy groups -OCH3 is 4. The molecule has 2 aromatic carbocycles. The summed E-state index contributed by atoms with van der Waals surface area (Å²) in [5, 5.41) is 3.63. The first-order valence-electron chi connectivity index (χ1n) is 11.7. The van der Waals surface area contributed by atoms with Gasteiger partial charge in [0.2, 0.25) is 5.75 Å². The SMILES string of the molecule is COc1cccc(-c2nc(CCNC(C)Cc3cc(OC)c(OC)c(OC)c3)n3ccccc23)c1. The molecule has 0 aliphatic rings. The van der Waals surface area contributed by atoms with E-state index >= 15 is 0 Å². The van der Waals surface area contributed by atoms with Crippen molar-refractivity contribution in [2.45, 2.75) is 25.8 Å². The van der Waals surface area contributed by atoms with E-state index in [-0.39, 0.29) is 6.04 Å². The Hall–Kier alpha value is -3.71. The minimum Gasteiger partial charge on any atom is -0.497 e. The first-order chi connectivity index (χ1) is 17.1. The number of rotatable bonds is 11. The molecule has 35 heavy (non-hydrogen) atoms. The second kappa shape index (κ2) is 11.1. The quantitative estimate of drug-likeness (QED) is 0.336. The highest BCUT2D eigenvalue weighted by Crippen LogP contribution is 2.38. The van der Waals surface area contributed by atoms with Crippen molar-refractivity contribution in [3.8, 4) is 34.3 Å². The van der Waals surface area contributed by atoms with Gasteiger partial charge in [-0.25, -0.2) is 4.98 Å². The Balaban J connectivity index is 1.46. The molecule has 4 rings (SSSR count). The van der Waals surface area contributed by atoms with E-state index in [4.69, 9.17) is 23.9 Å². The van der Waals surface area contributed by atoms with Gasteiger partial charge in [-0.2, -0.15) is 0 Å². The van der Waals surface area contributed by atoms with E-state index in [1.807, 2.05) is 42.5 Å². The molecule has 1 unspecified atom stereocenters. The van der Waals surface area contributed by atoms with Crippen molar-refractivity contribution in [2.75, 3.05) is 35.0 Å². The van der Waals surface area contributed by atoms with Crippen LogP contribution in [0, 0.1) is 0 Å². The third kappa shape index (κ3) is 5.35. The largest absolute Gasteiger partial charge is 0.497 e. The molecule has 0 spiro atoms. The van der Waals surface area contributed by atoms with Gasteiger partial charge in [-0.15, -0.1) is 0 Å². The number of fused-ring (bicyclic) bond motifs is 1. The van der Waals surface area contributed by atoms with E-state index in [2.05, 4.69) is 35.0 Å². The summed E-state index contributed by atoms with van der Waals surface area (Å²) in [6, 6.07) is 18.5. The van der Waals surface area contributed by atoms with Crippen molar-refractivity contribution >= 4 is 5.52 Å². The lowest BCUT2D eigenvalue weighted by Gasteiger charge is -2.17. The second-order valence-electron chi connectivity index (χ2n) is 8.41. The number of imidazole rings is 1. The zero-order chi connectivity index (χ0) is 24.8. The van der Waals surface area contributed by atoms with Gasteiger partial charge in [0.1, 0.15) is 11.6 Å². The Morgan fingerprint density at radius 3 is 2.34 bits per heavy atom. The molecule has 0 aliphatic heterocycles. The fraction of sp³-hybridized carbons (Fsp3) is 0.321. The van der Waals surface area contributed by atoms with Crippen LogP contribution < -0.4 is 24.3 Å². The normalized spacial score (nSPS) is 11.9. The summed E-state index contributed by atoms with van der Waals surface area (Å²) in [6.45, 7) is 2.98. The molecule has 0 aliphatic carbocycles. The molecule has 2 heterocycles. The molecule has 2 aromatic heterocycles. The molecule has 184 valence electrons. The van der Waals surface area contributed by atoms with Crippen LogP contribution in [-0.4, -0.2) is 50.4 Å². The van der Waals surface area contributed by atoms with Gasteiger partial charge in [0.25, 0.3) is 0 Å². The number of hydrogen-bond acceptors (Lipinski definition) is 6. The maximum Gasteiger partial charge on any atom is 0.203 e. The third-order valence-electron chi connectivity index (χ3n) is 6.07. The standard InChI is InChI=1S/C28H33N3O4/c1-19(15-20-16-24(33-3)28(35-5)25(17-20)34-4)29-13-12-26-30-27(23-11-6-7-14-31(23)26)21-9-8-10-22(18-21)32-2/h6-11,14,16-19,29H,12-13,15H2,1-5H3. The Bertz CT molecular complexity index is 1260. The van der Waals surface area contributed by atoms with E-state index in [1.54, 1.807) is 28.4 Å². The van der Waals surface area contributed by atoms with Crippen LogP contribution >= 0.6 is 0 Å². The van der Waals surface area contributed by atoms with Crippen molar-refractivity contribution in [1.29, 1.82) is 0 Å². The summed E-state index contributed by atoms with van der Waals surface area (Å²) in [6.07, 6.45) is 3.70. The molecule has 1 N–H and O–H groups in total. The maximum atomic E-state index is 5.49. The molecule has 0 amide bonds. The van der Waals surface area contributed by atoms with Crippen molar-refractivity contribution in [1.82, 2.24) is 14.7 Å². The predicted molar refractivity (Wildman–Crippen MR) is 138 cm³/mol. The Labute approximate surface area is 206 Å². The number of hydrogen-bond donors (Lipinski definition) is 1. The van der Waals surface area contributed by atoms with Gasteiger partial charge in [0.15, 0.2) is 11.5 Å². The highest BCUT2D eigenvalue weighted by atomic mass is 16.5. The lowest BCUT2D eigenvalue weighted by atomic mass is 10.1. The van der Waals surface area contributed by atoms with Crippen LogP contribution in [0.1, 0.15) is 18.3 Å². The Morgan fingerprint density at radius 2 is 1.66 bits per heavy atom. The highest BCUT2D eigenvalue weighted by molar-refractivity contribution is 5.78. The summed E-state index contributed by atoms with van der Waals surface area (Å²) >= 11 is 0. The average molecular weight is 476 g/mol. The third-order valence-corrected chi connectivity index (χ3v) is 6.07. The molecule has 4 aromatic rings.